The Morgan fingerprint density at radius 2 is 1.80 bits per heavy atom. The molecular formula is C34H30F3N9. The lowest BCUT2D eigenvalue weighted by Crippen LogP contribution is -2.38. The van der Waals surface area contributed by atoms with Crippen molar-refractivity contribution in [3.8, 4) is 12.1 Å². The Balaban J connectivity index is 1.35. The van der Waals surface area contributed by atoms with Crippen LogP contribution in [0.2, 0.25) is 0 Å². The predicted molar refractivity (Wildman–Crippen MR) is 167 cm³/mol. The SMILES string of the molecule is CC(C)(CNc1c(C#N)cnc2c(C#N)cc(N[C@H](c3cn(C4(C5CC5)CC4)nn3)c3cccc4ncccc34)cc12)C(F)(F)F. The van der Waals surface area contributed by atoms with E-state index >= 15 is 0 Å². The van der Waals surface area contributed by atoms with Crippen LogP contribution in [0.4, 0.5) is 24.5 Å². The van der Waals surface area contributed by atoms with Crippen molar-refractivity contribution < 1.29 is 13.2 Å². The summed E-state index contributed by atoms with van der Waals surface area (Å²) in [5, 5.41) is 36.9. The van der Waals surface area contributed by atoms with Gasteiger partial charge < -0.3 is 10.6 Å². The van der Waals surface area contributed by atoms with Crippen LogP contribution in [0, 0.1) is 34.0 Å². The van der Waals surface area contributed by atoms with Crippen LogP contribution in [0.25, 0.3) is 21.8 Å². The first-order valence-corrected chi connectivity index (χ1v) is 15.2. The summed E-state index contributed by atoms with van der Waals surface area (Å²) in [6.45, 7) is 1.70. The smallest absolute Gasteiger partial charge is 0.382 e. The second-order valence-corrected chi connectivity index (χ2v) is 12.9. The molecule has 9 nitrogen and oxygen atoms in total. The van der Waals surface area contributed by atoms with E-state index in [0.717, 1.165) is 43.2 Å². The number of nitrogens with one attached hydrogen (secondary N) is 2. The maximum absolute atomic E-state index is 13.7. The van der Waals surface area contributed by atoms with Gasteiger partial charge in [0.2, 0.25) is 0 Å². The van der Waals surface area contributed by atoms with Crippen LogP contribution < -0.4 is 10.6 Å². The molecule has 2 aliphatic rings. The predicted octanol–water partition coefficient (Wildman–Crippen LogP) is 7.22. The first kappa shape index (κ1) is 29.5. The van der Waals surface area contributed by atoms with Crippen LogP contribution in [0.1, 0.15) is 68.0 Å². The fourth-order valence-corrected chi connectivity index (χ4v) is 6.21. The van der Waals surface area contributed by atoms with Crippen molar-refractivity contribution in [2.45, 2.75) is 57.3 Å². The van der Waals surface area contributed by atoms with Gasteiger partial charge in [-0.15, -0.1) is 5.10 Å². The van der Waals surface area contributed by atoms with E-state index in [9.17, 15) is 23.7 Å². The molecule has 232 valence electrons. The number of aromatic nitrogens is 5. The van der Waals surface area contributed by atoms with Crippen LogP contribution in [-0.4, -0.2) is 37.7 Å². The van der Waals surface area contributed by atoms with Crippen molar-refractivity contribution in [3.05, 3.63) is 83.4 Å². The fraction of sp³-hybridized carbons (Fsp3) is 0.353. The molecule has 1 atom stereocenters. The molecule has 2 N–H and O–H groups in total. The number of nitriles is 2. The topological polar surface area (TPSA) is 128 Å². The van der Waals surface area contributed by atoms with E-state index in [1.54, 1.807) is 18.3 Å². The van der Waals surface area contributed by atoms with Gasteiger partial charge in [-0.25, -0.2) is 4.68 Å². The first-order valence-electron chi connectivity index (χ1n) is 15.2. The minimum absolute atomic E-state index is 0.0250. The second kappa shape index (κ2) is 10.7. The Morgan fingerprint density at radius 1 is 1.02 bits per heavy atom. The van der Waals surface area contributed by atoms with Gasteiger partial charge in [-0.1, -0.05) is 23.4 Å². The summed E-state index contributed by atoms with van der Waals surface area (Å²) in [4.78, 5) is 8.87. The Hall–Kier alpha value is -5.23. The molecule has 5 aromatic rings. The van der Waals surface area contributed by atoms with Crippen LogP contribution in [-0.2, 0) is 5.54 Å². The number of anilines is 2. The largest absolute Gasteiger partial charge is 0.395 e. The molecule has 2 aromatic carbocycles. The van der Waals surface area contributed by atoms with E-state index in [-0.39, 0.29) is 27.9 Å². The minimum Gasteiger partial charge on any atom is -0.382 e. The van der Waals surface area contributed by atoms with E-state index in [1.807, 2.05) is 47.3 Å². The number of hydrogen-bond donors (Lipinski definition) is 2. The van der Waals surface area contributed by atoms with Crippen molar-refractivity contribution in [2.24, 2.45) is 11.3 Å². The molecule has 0 radical (unpaired) electrons. The van der Waals surface area contributed by atoms with Gasteiger partial charge in [-0.2, -0.15) is 23.7 Å². The molecule has 0 spiro atoms. The zero-order chi connectivity index (χ0) is 32.3. The first-order chi connectivity index (χ1) is 22.0. The Morgan fingerprint density at radius 3 is 2.50 bits per heavy atom. The number of rotatable bonds is 9. The van der Waals surface area contributed by atoms with E-state index in [2.05, 4.69) is 37.0 Å². The molecule has 0 amide bonds. The summed E-state index contributed by atoms with van der Waals surface area (Å²) < 4.78 is 43.2. The number of hydrogen-bond acceptors (Lipinski definition) is 8. The average molecular weight is 622 g/mol. The van der Waals surface area contributed by atoms with E-state index < -0.39 is 24.2 Å². The van der Waals surface area contributed by atoms with Crippen molar-refractivity contribution >= 4 is 33.2 Å². The normalized spacial score (nSPS) is 16.5. The zero-order valence-electron chi connectivity index (χ0n) is 25.2. The number of halogens is 3. The monoisotopic (exact) mass is 621 g/mol. The maximum atomic E-state index is 13.7. The van der Waals surface area contributed by atoms with Crippen molar-refractivity contribution in [2.75, 3.05) is 17.2 Å². The summed E-state index contributed by atoms with van der Waals surface area (Å²) in [6.07, 6.45) is 5.04. The summed E-state index contributed by atoms with van der Waals surface area (Å²) >= 11 is 0. The summed E-state index contributed by atoms with van der Waals surface area (Å²) in [6, 6.07) is 16.7. The van der Waals surface area contributed by atoms with Crippen LogP contribution >= 0.6 is 0 Å². The van der Waals surface area contributed by atoms with Crippen molar-refractivity contribution in [3.63, 3.8) is 0 Å². The van der Waals surface area contributed by atoms with E-state index in [1.165, 1.54) is 19.0 Å². The molecule has 0 unspecified atom stereocenters. The standard InChI is InChI=1S/C34H30F3N9/c1-32(2,34(35,36)37)19-42-30-21(16-39)17-41-29-20(15-38)13-23(14-26(29)30)43-31(25-5-3-7-27-24(25)6-4-12-40-27)28-18-46(45-44-28)33(10-11-33)22-8-9-22/h3-7,12-14,17-18,22,31,43H,8-11,19H2,1-2H3,(H,41,42)/t31-/m0/s1. The van der Waals surface area contributed by atoms with Gasteiger partial charge in [0, 0.05) is 35.4 Å². The zero-order valence-corrected chi connectivity index (χ0v) is 25.2. The van der Waals surface area contributed by atoms with Gasteiger partial charge >= 0.3 is 6.18 Å². The van der Waals surface area contributed by atoms with Gasteiger partial charge in [-0.05, 0) is 75.3 Å². The molecule has 7 rings (SSSR count). The molecule has 3 aromatic heterocycles. The Labute approximate surface area is 263 Å². The molecular weight excluding hydrogens is 591 g/mol. The molecule has 46 heavy (non-hydrogen) atoms. The van der Waals surface area contributed by atoms with Gasteiger partial charge in [0.15, 0.2) is 0 Å². The molecule has 12 heteroatoms. The highest BCUT2D eigenvalue weighted by molar-refractivity contribution is 5.99. The van der Waals surface area contributed by atoms with Crippen molar-refractivity contribution in [1.82, 2.24) is 25.0 Å². The Kier molecular flexibility index (Phi) is 6.85. The molecule has 2 aliphatic carbocycles. The third kappa shape index (κ3) is 5.04. The lowest BCUT2D eigenvalue weighted by atomic mass is 9.92. The average Bonchev–Trinajstić information content (AvgIpc) is 3.98. The van der Waals surface area contributed by atoms with Gasteiger partial charge in [0.05, 0.1) is 51.0 Å². The highest BCUT2D eigenvalue weighted by Gasteiger charge is 2.56. The molecule has 0 saturated heterocycles. The molecule has 3 heterocycles. The number of alkyl halides is 3. The van der Waals surface area contributed by atoms with Crippen LogP contribution in [0.5, 0.6) is 0 Å². The lowest BCUT2D eigenvalue weighted by Gasteiger charge is -2.28. The van der Waals surface area contributed by atoms with Crippen molar-refractivity contribution in [1.29, 1.82) is 10.5 Å². The van der Waals surface area contributed by atoms with Gasteiger partial charge in [0.25, 0.3) is 0 Å². The minimum atomic E-state index is -4.48. The van der Waals surface area contributed by atoms with Crippen LogP contribution in [0.3, 0.4) is 0 Å². The highest BCUT2D eigenvalue weighted by Crippen LogP contribution is 2.59. The van der Waals surface area contributed by atoms with Crippen LogP contribution in [0.15, 0.2) is 61.1 Å². The fourth-order valence-electron chi connectivity index (χ4n) is 6.21. The molecule has 2 fully saturated rings. The third-order valence-electron chi connectivity index (χ3n) is 9.35. The van der Waals surface area contributed by atoms with Gasteiger partial charge in [-0.3, -0.25) is 9.97 Å². The van der Waals surface area contributed by atoms with Gasteiger partial charge in [0.1, 0.15) is 17.8 Å². The molecule has 0 aliphatic heterocycles. The lowest BCUT2D eigenvalue weighted by molar-refractivity contribution is -0.206. The van der Waals surface area contributed by atoms with E-state index in [0.29, 0.717) is 22.7 Å². The number of fused-ring (bicyclic) bond motifs is 2. The summed E-state index contributed by atoms with van der Waals surface area (Å²) in [7, 11) is 0. The molecule has 2 saturated carbocycles. The number of nitrogens with zero attached hydrogens (tertiary/aromatic N) is 7. The third-order valence-corrected chi connectivity index (χ3v) is 9.35. The second-order valence-electron chi connectivity index (χ2n) is 12.9. The summed E-state index contributed by atoms with van der Waals surface area (Å²) in [5.41, 5.74) is 1.54. The quantitative estimate of drug-likeness (QED) is 0.177. The number of pyridine rings is 2. The number of benzene rings is 2. The highest BCUT2D eigenvalue weighted by atomic mass is 19.4. The summed E-state index contributed by atoms with van der Waals surface area (Å²) in [5.74, 6) is 0.615. The Bertz CT molecular complexity index is 2060. The molecule has 0 bridgehead atoms. The maximum Gasteiger partial charge on any atom is 0.395 e. The van der Waals surface area contributed by atoms with E-state index in [4.69, 9.17) is 0 Å².